The van der Waals surface area contributed by atoms with Crippen molar-refractivity contribution in [3.63, 3.8) is 0 Å². The summed E-state index contributed by atoms with van der Waals surface area (Å²) in [7, 11) is 1.54. The number of methoxy groups -OCH3 is 1. The van der Waals surface area contributed by atoms with Gasteiger partial charge in [-0.05, 0) is 53.4 Å². The van der Waals surface area contributed by atoms with E-state index in [1.165, 1.54) is 30.8 Å². The first-order chi connectivity index (χ1) is 18.0. The highest BCUT2D eigenvalue weighted by atomic mass is 32.1. The largest absolute Gasteiger partial charge is 0.495 e. The van der Waals surface area contributed by atoms with Gasteiger partial charge in [-0.1, -0.05) is 6.07 Å². The Bertz CT molecular complexity index is 1420. The molecule has 0 fully saturated rings. The van der Waals surface area contributed by atoms with Gasteiger partial charge < -0.3 is 15.0 Å². The number of nitrogens with one attached hydrogen (secondary N) is 1. The van der Waals surface area contributed by atoms with Gasteiger partial charge in [0.1, 0.15) is 11.6 Å². The zero-order valence-corrected chi connectivity index (χ0v) is 20.8. The van der Waals surface area contributed by atoms with Crippen LogP contribution in [0.3, 0.4) is 0 Å². The molecule has 4 aromatic rings. The van der Waals surface area contributed by atoms with E-state index in [9.17, 15) is 14.4 Å². The molecule has 37 heavy (non-hydrogen) atoms. The van der Waals surface area contributed by atoms with Gasteiger partial charge >= 0.3 is 0 Å². The van der Waals surface area contributed by atoms with Crippen LogP contribution in [0.25, 0.3) is 0 Å². The number of carbonyl (C=O) groups excluding carboxylic acids is 3. The Labute approximate surface area is 217 Å². The van der Waals surface area contributed by atoms with Crippen molar-refractivity contribution in [3.05, 3.63) is 99.9 Å². The number of Topliss-reactive ketones (excluding diaryl/α,β-unsaturated/α-hetero) is 1. The molecule has 0 radical (unpaired) electrons. The van der Waals surface area contributed by atoms with E-state index in [1.54, 1.807) is 35.4 Å². The smallest absolute Gasteiger partial charge is 0.265 e. The Balaban J connectivity index is 1.35. The van der Waals surface area contributed by atoms with E-state index in [0.717, 1.165) is 11.3 Å². The molecule has 0 saturated heterocycles. The Morgan fingerprint density at radius 1 is 1.05 bits per heavy atom. The number of rotatable bonds is 7. The lowest BCUT2D eigenvalue weighted by atomic mass is 10.0. The first-order valence-electron chi connectivity index (χ1n) is 11.6. The van der Waals surface area contributed by atoms with Crippen LogP contribution in [0.1, 0.15) is 37.0 Å². The van der Waals surface area contributed by atoms with E-state index in [-0.39, 0.29) is 30.6 Å². The SMILES string of the molecule is COc1ccc(NC(=O)c2ccc(CN3C(=O)c4sccc4CC(=O)C3Cc3ccccn3)nc2)nc1. The highest BCUT2D eigenvalue weighted by Gasteiger charge is 2.36. The molecule has 4 aromatic heterocycles. The molecule has 5 rings (SSSR count). The van der Waals surface area contributed by atoms with E-state index in [1.807, 2.05) is 29.6 Å². The lowest BCUT2D eigenvalue weighted by molar-refractivity contribution is -0.122. The third-order valence-corrected chi connectivity index (χ3v) is 7.02. The first-order valence-corrected chi connectivity index (χ1v) is 12.5. The molecule has 10 heteroatoms. The van der Waals surface area contributed by atoms with Gasteiger partial charge in [-0.15, -0.1) is 11.3 Å². The van der Waals surface area contributed by atoms with Crippen molar-refractivity contribution in [2.24, 2.45) is 0 Å². The third-order valence-electron chi connectivity index (χ3n) is 6.08. The molecule has 0 saturated carbocycles. The minimum absolute atomic E-state index is 0.0425. The van der Waals surface area contributed by atoms with Crippen molar-refractivity contribution in [2.75, 3.05) is 12.4 Å². The van der Waals surface area contributed by atoms with E-state index >= 15 is 0 Å². The molecule has 5 heterocycles. The van der Waals surface area contributed by atoms with Gasteiger partial charge in [-0.2, -0.15) is 0 Å². The van der Waals surface area contributed by atoms with E-state index in [2.05, 4.69) is 20.3 Å². The molecular formula is C27H23N5O4S. The van der Waals surface area contributed by atoms with E-state index in [0.29, 0.717) is 34.1 Å². The van der Waals surface area contributed by atoms with Gasteiger partial charge in [-0.25, -0.2) is 4.98 Å². The van der Waals surface area contributed by atoms with Crippen LogP contribution < -0.4 is 10.1 Å². The van der Waals surface area contributed by atoms with Gasteiger partial charge in [-0.3, -0.25) is 24.4 Å². The number of ketones is 1. The lowest BCUT2D eigenvalue weighted by Gasteiger charge is -2.28. The van der Waals surface area contributed by atoms with Crippen LogP contribution in [-0.2, 0) is 24.2 Å². The molecule has 1 unspecified atom stereocenters. The fourth-order valence-corrected chi connectivity index (χ4v) is 5.01. The summed E-state index contributed by atoms with van der Waals surface area (Å²) in [4.78, 5) is 54.5. The van der Waals surface area contributed by atoms with Crippen LogP contribution in [0.4, 0.5) is 5.82 Å². The average molecular weight is 514 g/mol. The summed E-state index contributed by atoms with van der Waals surface area (Å²) < 4.78 is 5.07. The van der Waals surface area contributed by atoms with E-state index in [4.69, 9.17) is 4.74 Å². The van der Waals surface area contributed by atoms with Gasteiger partial charge in [0, 0.05) is 30.9 Å². The fraction of sp³-hybridized carbons (Fsp3) is 0.185. The van der Waals surface area contributed by atoms with Crippen LogP contribution in [0.15, 0.2) is 72.5 Å². The van der Waals surface area contributed by atoms with Crippen LogP contribution in [0.2, 0.25) is 0 Å². The molecule has 0 aliphatic carbocycles. The maximum Gasteiger partial charge on any atom is 0.265 e. The number of fused-ring (bicyclic) bond motifs is 1. The van der Waals surface area contributed by atoms with Crippen LogP contribution in [-0.4, -0.2) is 50.6 Å². The highest BCUT2D eigenvalue weighted by Crippen LogP contribution is 2.28. The molecule has 1 aliphatic heterocycles. The standard InChI is InChI=1S/C27H23N5O4S/c1-36-21-7-8-24(30-15-21)31-26(34)18-5-6-20(29-14-18)16-32-22(13-19-4-2-3-10-28-19)23(33)12-17-9-11-37-25(17)27(32)35/h2-11,14-15,22H,12-13,16H2,1H3,(H,30,31,34). The second-order valence-electron chi connectivity index (χ2n) is 8.47. The van der Waals surface area contributed by atoms with Crippen LogP contribution >= 0.6 is 11.3 Å². The number of thiophene rings is 1. The van der Waals surface area contributed by atoms with Crippen LogP contribution in [0.5, 0.6) is 5.75 Å². The third kappa shape index (κ3) is 5.39. The number of hydrogen-bond donors (Lipinski definition) is 1. The fourth-order valence-electron chi connectivity index (χ4n) is 4.13. The topological polar surface area (TPSA) is 114 Å². The number of aromatic nitrogens is 3. The predicted molar refractivity (Wildman–Crippen MR) is 138 cm³/mol. The molecule has 1 N–H and O–H groups in total. The zero-order valence-electron chi connectivity index (χ0n) is 20.0. The minimum atomic E-state index is -0.673. The molecule has 0 bridgehead atoms. The zero-order chi connectivity index (χ0) is 25.8. The van der Waals surface area contributed by atoms with Crippen molar-refractivity contribution in [3.8, 4) is 5.75 Å². The Morgan fingerprint density at radius 2 is 1.95 bits per heavy atom. The molecule has 0 spiro atoms. The van der Waals surface area contributed by atoms with Crippen molar-refractivity contribution in [2.45, 2.75) is 25.4 Å². The van der Waals surface area contributed by atoms with Crippen molar-refractivity contribution < 1.29 is 19.1 Å². The van der Waals surface area contributed by atoms with Gasteiger partial charge in [0.25, 0.3) is 11.8 Å². The number of nitrogens with zero attached hydrogens (tertiary/aromatic N) is 4. The quantitative estimate of drug-likeness (QED) is 0.402. The van der Waals surface area contributed by atoms with Gasteiger partial charge in [0.2, 0.25) is 0 Å². The maximum atomic E-state index is 13.5. The van der Waals surface area contributed by atoms with Gasteiger partial charge in [0.15, 0.2) is 5.78 Å². The second kappa shape index (κ2) is 10.7. The minimum Gasteiger partial charge on any atom is -0.495 e. The molecule has 9 nitrogen and oxygen atoms in total. The summed E-state index contributed by atoms with van der Waals surface area (Å²) in [5, 5.41) is 4.54. The molecule has 186 valence electrons. The summed E-state index contributed by atoms with van der Waals surface area (Å²) in [6.45, 7) is 0.126. The van der Waals surface area contributed by atoms with E-state index < -0.39 is 6.04 Å². The summed E-state index contributed by atoms with van der Waals surface area (Å²) in [6.07, 6.45) is 5.14. The lowest BCUT2D eigenvalue weighted by Crippen LogP contribution is -2.45. The summed E-state index contributed by atoms with van der Waals surface area (Å²) >= 11 is 1.33. The molecule has 1 aliphatic rings. The number of pyridine rings is 3. The highest BCUT2D eigenvalue weighted by molar-refractivity contribution is 7.12. The number of amides is 2. The number of anilines is 1. The number of carbonyl (C=O) groups is 3. The van der Waals surface area contributed by atoms with Crippen molar-refractivity contribution in [1.82, 2.24) is 19.9 Å². The van der Waals surface area contributed by atoms with Crippen molar-refractivity contribution in [1.29, 1.82) is 0 Å². The second-order valence-corrected chi connectivity index (χ2v) is 9.38. The monoisotopic (exact) mass is 513 g/mol. The Hall–Kier alpha value is -4.44. The first kappa shape index (κ1) is 24.3. The molecule has 1 atom stereocenters. The summed E-state index contributed by atoms with van der Waals surface area (Å²) in [5.41, 5.74) is 2.38. The predicted octanol–water partition coefficient (Wildman–Crippen LogP) is 3.57. The molecule has 2 amide bonds. The Morgan fingerprint density at radius 3 is 2.65 bits per heavy atom. The number of hydrogen-bond acceptors (Lipinski definition) is 8. The van der Waals surface area contributed by atoms with Crippen LogP contribution in [0, 0.1) is 0 Å². The number of ether oxygens (including phenoxy) is 1. The maximum absolute atomic E-state index is 13.5. The average Bonchev–Trinajstić information content (AvgIpc) is 3.36. The Kier molecular flexibility index (Phi) is 7.00. The molecule has 0 aromatic carbocycles. The normalized spacial score (nSPS) is 15.2. The van der Waals surface area contributed by atoms with Gasteiger partial charge in [0.05, 0.1) is 42.0 Å². The molecular weight excluding hydrogens is 490 g/mol. The summed E-state index contributed by atoms with van der Waals surface area (Å²) in [5.74, 6) is 0.355. The van der Waals surface area contributed by atoms with Crippen molar-refractivity contribution >= 4 is 34.8 Å². The summed E-state index contributed by atoms with van der Waals surface area (Å²) in [6, 6.07) is 13.3.